The summed E-state index contributed by atoms with van der Waals surface area (Å²) in [7, 11) is -3.00. The third-order valence-electron chi connectivity index (χ3n) is 2.67. The second kappa shape index (κ2) is 4.44. The van der Waals surface area contributed by atoms with Gasteiger partial charge >= 0.3 is 0 Å². The zero-order chi connectivity index (χ0) is 12.5. The van der Waals surface area contributed by atoms with Crippen LogP contribution in [0.3, 0.4) is 0 Å². The average Bonchev–Trinajstić information content (AvgIpc) is 2.59. The smallest absolute Gasteiger partial charge is 0.251 e. The van der Waals surface area contributed by atoms with Crippen LogP contribution in [-0.2, 0) is 9.84 Å². The maximum Gasteiger partial charge on any atom is 0.251 e. The van der Waals surface area contributed by atoms with Crippen molar-refractivity contribution in [1.82, 2.24) is 5.32 Å². The SMILES string of the molecule is O=C(NC1CCS(=O)(=O)C1)c1ccc(F)cc1. The first-order valence-electron chi connectivity index (χ1n) is 5.23. The van der Waals surface area contributed by atoms with Crippen molar-refractivity contribution in [3.8, 4) is 0 Å². The van der Waals surface area contributed by atoms with Gasteiger partial charge in [0.1, 0.15) is 5.82 Å². The Hall–Kier alpha value is -1.43. The number of halogens is 1. The van der Waals surface area contributed by atoms with Crippen LogP contribution in [0.15, 0.2) is 24.3 Å². The summed E-state index contributed by atoms with van der Waals surface area (Å²) in [6, 6.07) is 4.79. The zero-order valence-corrected chi connectivity index (χ0v) is 9.84. The molecule has 1 saturated heterocycles. The van der Waals surface area contributed by atoms with E-state index in [1.807, 2.05) is 0 Å². The van der Waals surface area contributed by atoms with Crippen molar-refractivity contribution in [3.63, 3.8) is 0 Å². The topological polar surface area (TPSA) is 63.2 Å². The molecule has 1 aliphatic rings. The molecule has 1 amide bonds. The first kappa shape index (κ1) is 12.0. The molecule has 1 fully saturated rings. The number of carbonyl (C=O) groups excluding carboxylic acids is 1. The highest BCUT2D eigenvalue weighted by molar-refractivity contribution is 7.91. The standard InChI is InChI=1S/C11H12FNO3S/c12-9-3-1-8(2-4-9)11(14)13-10-5-6-17(15,16)7-10/h1-4,10H,5-7H2,(H,13,14). The summed E-state index contributed by atoms with van der Waals surface area (Å²) < 4.78 is 35.1. The second-order valence-corrected chi connectivity index (χ2v) is 6.31. The Balaban J connectivity index is 2.01. The Kier molecular flexibility index (Phi) is 3.15. The van der Waals surface area contributed by atoms with Crippen LogP contribution in [0.5, 0.6) is 0 Å². The van der Waals surface area contributed by atoms with Gasteiger partial charge in [0, 0.05) is 11.6 Å². The number of amides is 1. The summed E-state index contributed by atoms with van der Waals surface area (Å²) in [5.74, 6) is -0.682. The molecule has 0 aliphatic carbocycles. The fourth-order valence-corrected chi connectivity index (χ4v) is 3.45. The predicted octanol–water partition coefficient (Wildman–Crippen LogP) is 0.743. The molecule has 0 saturated carbocycles. The van der Waals surface area contributed by atoms with Gasteiger partial charge in [-0.05, 0) is 30.7 Å². The Labute approximate surface area is 98.8 Å². The highest BCUT2D eigenvalue weighted by atomic mass is 32.2. The fraction of sp³-hybridized carbons (Fsp3) is 0.364. The monoisotopic (exact) mass is 257 g/mol. The van der Waals surface area contributed by atoms with Gasteiger partial charge in [0.2, 0.25) is 0 Å². The Morgan fingerprint density at radius 3 is 2.47 bits per heavy atom. The van der Waals surface area contributed by atoms with Crippen LogP contribution < -0.4 is 5.32 Å². The molecule has 1 unspecified atom stereocenters. The maximum atomic E-state index is 12.6. The van der Waals surface area contributed by atoms with Gasteiger partial charge in [0.05, 0.1) is 11.5 Å². The Morgan fingerprint density at radius 2 is 1.94 bits per heavy atom. The highest BCUT2D eigenvalue weighted by Crippen LogP contribution is 2.12. The van der Waals surface area contributed by atoms with E-state index in [1.165, 1.54) is 24.3 Å². The van der Waals surface area contributed by atoms with E-state index in [4.69, 9.17) is 0 Å². The number of rotatable bonds is 2. The highest BCUT2D eigenvalue weighted by Gasteiger charge is 2.29. The number of benzene rings is 1. The van der Waals surface area contributed by atoms with Crippen molar-refractivity contribution < 1.29 is 17.6 Å². The van der Waals surface area contributed by atoms with Crippen molar-refractivity contribution in [1.29, 1.82) is 0 Å². The van der Waals surface area contributed by atoms with Crippen LogP contribution in [-0.4, -0.2) is 31.9 Å². The van der Waals surface area contributed by atoms with Crippen molar-refractivity contribution in [3.05, 3.63) is 35.6 Å². The molecule has 4 nitrogen and oxygen atoms in total. The number of hydrogen-bond donors (Lipinski definition) is 1. The van der Waals surface area contributed by atoms with E-state index < -0.39 is 15.7 Å². The van der Waals surface area contributed by atoms with Crippen LogP contribution in [0.2, 0.25) is 0 Å². The maximum absolute atomic E-state index is 12.6. The minimum Gasteiger partial charge on any atom is -0.348 e. The van der Waals surface area contributed by atoms with E-state index in [1.54, 1.807) is 0 Å². The average molecular weight is 257 g/mol. The third-order valence-corrected chi connectivity index (χ3v) is 4.44. The van der Waals surface area contributed by atoms with Crippen molar-refractivity contribution in [2.75, 3.05) is 11.5 Å². The molecule has 92 valence electrons. The fourth-order valence-electron chi connectivity index (χ4n) is 1.78. The molecule has 1 atom stereocenters. The van der Waals surface area contributed by atoms with Gasteiger partial charge in [0.15, 0.2) is 9.84 Å². The molecule has 1 heterocycles. The predicted molar refractivity (Wildman–Crippen MR) is 60.9 cm³/mol. The molecule has 1 aromatic rings. The van der Waals surface area contributed by atoms with Gasteiger partial charge in [-0.25, -0.2) is 12.8 Å². The van der Waals surface area contributed by atoms with Gasteiger partial charge < -0.3 is 5.32 Å². The minimum absolute atomic E-state index is 0.0140. The summed E-state index contributed by atoms with van der Waals surface area (Å²) in [5, 5.41) is 2.63. The molecular weight excluding hydrogens is 245 g/mol. The number of carbonyl (C=O) groups is 1. The molecule has 0 bridgehead atoms. The van der Waals surface area contributed by atoms with E-state index in [-0.39, 0.29) is 23.5 Å². The molecule has 1 aliphatic heterocycles. The van der Waals surface area contributed by atoms with Crippen LogP contribution in [0.4, 0.5) is 4.39 Å². The van der Waals surface area contributed by atoms with Crippen molar-refractivity contribution >= 4 is 15.7 Å². The molecule has 0 radical (unpaired) electrons. The van der Waals surface area contributed by atoms with Gasteiger partial charge in [0.25, 0.3) is 5.91 Å². The Bertz CT molecular complexity index is 524. The summed E-state index contributed by atoms with van der Waals surface area (Å²) >= 11 is 0. The molecule has 17 heavy (non-hydrogen) atoms. The van der Waals surface area contributed by atoms with E-state index in [9.17, 15) is 17.6 Å². The lowest BCUT2D eigenvalue weighted by Gasteiger charge is -2.10. The molecule has 1 aromatic carbocycles. The van der Waals surface area contributed by atoms with E-state index >= 15 is 0 Å². The summed E-state index contributed by atoms with van der Waals surface area (Å²) in [6.07, 6.45) is 0.440. The van der Waals surface area contributed by atoms with E-state index in [0.29, 0.717) is 12.0 Å². The van der Waals surface area contributed by atoms with Crippen molar-refractivity contribution in [2.24, 2.45) is 0 Å². The molecule has 2 rings (SSSR count). The van der Waals surface area contributed by atoms with Crippen LogP contribution in [0.25, 0.3) is 0 Å². The summed E-state index contributed by atoms with van der Waals surface area (Å²) in [6.45, 7) is 0. The number of hydrogen-bond acceptors (Lipinski definition) is 3. The van der Waals surface area contributed by atoms with Crippen LogP contribution in [0, 0.1) is 5.82 Å². The first-order valence-corrected chi connectivity index (χ1v) is 7.05. The third kappa shape index (κ3) is 3.03. The van der Waals surface area contributed by atoms with E-state index in [0.717, 1.165) is 0 Å². The van der Waals surface area contributed by atoms with E-state index in [2.05, 4.69) is 5.32 Å². The normalized spacial score (nSPS) is 22.3. The molecule has 0 spiro atoms. The van der Waals surface area contributed by atoms with Crippen molar-refractivity contribution in [2.45, 2.75) is 12.5 Å². The lowest BCUT2D eigenvalue weighted by Crippen LogP contribution is -2.35. The lowest BCUT2D eigenvalue weighted by atomic mass is 10.2. The van der Waals surface area contributed by atoms with Crippen LogP contribution in [0.1, 0.15) is 16.8 Å². The molecule has 1 N–H and O–H groups in total. The van der Waals surface area contributed by atoms with Gasteiger partial charge in [-0.3, -0.25) is 4.79 Å². The number of sulfone groups is 1. The van der Waals surface area contributed by atoms with Crippen LogP contribution >= 0.6 is 0 Å². The second-order valence-electron chi connectivity index (χ2n) is 4.08. The van der Waals surface area contributed by atoms with Gasteiger partial charge in [-0.15, -0.1) is 0 Å². The number of nitrogens with one attached hydrogen (secondary N) is 1. The molecular formula is C11H12FNO3S. The lowest BCUT2D eigenvalue weighted by molar-refractivity contribution is 0.0941. The quantitative estimate of drug-likeness (QED) is 0.850. The summed E-state index contributed by atoms with van der Waals surface area (Å²) in [5.41, 5.74) is 0.329. The first-order chi connectivity index (χ1) is 7.96. The molecule has 6 heteroatoms. The molecule has 0 aromatic heterocycles. The van der Waals surface area contributed by atoms with Gasteiger partial charge in [-0.1, -0.05) is 0 Å². The van der Waals surface area contributed by atoms with Gasteiger partial charge in [-0.2, -0.15) is 0 Å². The largest absolute Gasteiger partial charge is 0.348 e. The zero-order valence-electron chi connectivity index (χ0n) is 9.02. The summed E-state index contributed by atoms with van der Waals surface area (Å²) in [4.78, 5) is 11.7. The minimum atomic E-state index is -3.00. The Morgan fingerprint density at radius 1 is 1.29 bits per heavy atom.